The van der Waals surface area contributed by atoms with E-state index in [1.165, 1.54) is 17.3 Å². The second-order valence-corrected chi connectivity index (χ2v) is 5.86. The van der Waals surface area contributed by atoms with E-state index in [1.54, 1.807) is 31.5 Å². The predicted molar refractivity (Wildman–Crippen MR) is 96.8 cm³/mol. The van der Waals surface area contributed by atoms with Crippen molar-refractivity contribution in [2.45, 2.75) is 6.61 Å². The highest BCUT2D eigenvalue weighted by molar-refractivity contribution is 6.35. The highest BCUT2D eigenvalue weighted by Gasteiger charge is 2.08. The lowest BCUT2D eigenvalue weighted by Crippen LogP contribution is -2.00. The van der Waals surface area contributed by atoms with Crippen LogP contribution in [0.25, 0.3) is 0 Å². The first kappa shape index (κ1) is 17.3. The number of hydrogen-bond donors (Lipinski definition) is 0. The van der Waals surface area contributed by atoms with Crippen molar-refractivity contribution in [2.75, 3.05) is 7.11 Å². The number of rotatable bonds is 6. The largest absolute Gasteiger partial charge is 0.496 e. The zero-order chi connectivity index (χ0) is 17.6. The first-order valence-corrected chi connectivity index (χ1v) is 8.05. The van der Waals surface area contributed by atoms with Crippen LogP contribution in [0, 0.1) is 0 Å². The lowest BCUT2D eigenvalue weighted by atomic mass is 10.1. The Labute approximate surface area is 154 Å². The summed E-state index contributed by atoms with van der Waals surface area (Å²) in [4.78, 5) is 0. The first-order chi connectivity index (χ1) is 12.2. The quantitative estimate of drug-likeness (QED) is 0.608. The molecular weight excluding hydrogens is 363 g/mol. The van der Waals surface area contributed by atoms with Gasteiger partial charge in [0.15, 0.2) is 0 Å². The minimum Gasteiger partial charge on any atom is -0.496 e. The molecule has 0 spiro atoms. The number of benzene rings is 2. The minimum absolute atomic E-state index is 0.291. The summed E-state index contributed by atoms with van der Waals surface area (Å²) in [5.74, 6) is 1.27. The van der Waals surface area contributed by atoms with Gasteiger partial charge in [0.1, 0.15) is 30.8 Å². The normalized spacial score (nSPS) is 11.0. The third kappa shape index (κ3) is 4.49. The lowest BCUT2D eigenvalue weighted by molar-refractivity contribution is 0.297. The minimum atomic E-state index is 0.291. The summed E-state index contributed by atoms with van der Waals surface area (Å²) in [5.41, 5.74) is 1.75. The van der Waals surface area contributed by atoms with Gasteiger partial charge in [-0.25, -0.2) is 4.68 Å². The van der Waals surface area contributed by atoms with E-state index in [2.05, 4.69) is 15.3 Å². The number of hydrogen-bond acceptors (Lipinski definition) is 5. The summed E-state index contributed by atoms with van der Waals surface area (Å²) >= 11 is 12.0. The van der Waals surface area contributed by atoms with Crippen molar-refractivity contribution in [1.29, 1.82) is 0 Å². The average Bonchev–Trinajstić information content (AvgIpc) is 3.13. The zero-order valence-corrected chi connectivity index (χ0v) is 14.8. The third-order valence-corrected chi connectivity index (χ3v) is 3.86. The SMILES string of the molecule is COc1ccc(C=Nn2cnnc2)cc1COc1ccc(Cl)cc1Cl. The lowest BCUT2D eigenvalue weighted by Gasteiger charge is -2.12. The topological polar surface area (TPSA) is 61.5 Å². The molecule has 3 rings (SSSR count). The maximum Gasteiger partial charge on any atom is 0.141 e. The third-order valence-electron chi connectivity index (χ3n) is 3.33. The van der Waals surface area contributed by atoms with Crippen LogP contribution < -0.4 is 9.47 Å². The number of halogens is 2. The van der Waals surface area contributed by atoms with E-state index in [1.807, 2.05) is 18.2 Å². The molecule has 0 unspecified atom stereocenters. The molecule has 1 aromatic heterocycles. The summed E-state index contributed by atoms with van der Waals surface area (Å²) in [6.07, 6.45) is 4.71. The van der Waals surface area contributed by atoms with Gasteiger partial charge in [-0.15, -0.1) is 10.2 Å². The molecule has 2 aromatic carbocycles. The van der Waals surface area contributed by atoms with Gasteiger partial charge in [-0.3, -0.25) is 0 Å². The molecule has 0 aliphatic carbocycles. The fraction of sp³-hybridized carbons (Fsp3) is 0.118. The Morgan fingerprint density at radius 3 is 2.56 bits per heavy atom. The predicted octanol–water partition coefficient (Wildman–Crippen LogP) is 4.05. The van der Waals surface area contributed by atoms with Gasteiger partial charge in [0.2, 0.25) is 0 Å². The molecule has 8 heteroatoms. The van der Waals surface area contributed by atoms with E-state index < -0.39 is 0 Å². The van der Waals surface area contributed by atoms with Gasteiger partial charge in [0.25, 0.3) is 0 Å². The Morgan fingerprint density at radius 1 is 1.08 bits per heavy atom. The Hall–Kier alpha value is -2.57. The van der Waals surface area contributed by atoms with Crippen molar-refractivity contribution in [2.24, 2.45) is 5.10 Å². The van der Waals surface area contributed by atoms with Crippen LogP contribution in [0.4, 0.5) is 0 Å². The van der Waals surface area contributed by atoms with Crippen molar-refractivity contribution < 1.29 is 9.47 Å². The Morgan fingerprint density at radius 2 is 1.84 bits per heavy atom. The van der Waals surface area contributed by atoms with Gasteiger partial charge in [-0.2, -0.15) is 5.10 Å². The highest BCUT2D eigenvalue weighted by Crippen LogP contribution is 2.29. The van der Waals surface area contributed by atoms with Crippen molar-refractivity contribution in [1.82, 2.24) is 14.9 Å². The molecule has 0 saturated carbocycles. The van der Waals surface area contributed by atoms with Gasteiger partial charge < -0.3 is 9.47 Å². The van der Waals surface area contributed by atoms with Crippen molar-refractivity contribution in [3.63, 3.8) is 0 Å². The summed E-state index contributed by atoms with van der Waals surface area (Å²) in [5, 5.41) is 12.6. The smallest absolute Gasteiger partial charge is 0.141 e. The molecule has 0 aliphatic heterocycles. The van der Waals surface area contributed by atoms with Crippen LogP contribution in [-0.4, -0.2) is 28.2 Å². The first-order valence-electron chi connectivity index (χ1n) is 7.29. The van der Waals surface area contributed by atoms with E-state index >= 15 is 0 Å². The maximum absolute atomic E-state index is 6.13. The molecule has 0 amide bonds. The van der Waals surface area contributed by atoms with Gasteiger partial charge in [0, 0.05) is 10.6 Å². The number of ether oxygens (including phenoxy) is 2. The van der Waals surface area contributed by atoms with Crippen LogP contribution in [0.3, 0.4) is 0 Å². The Kier molecular flexibility index (Phi) is 5.53. The Bertz CT molecular complexity index is 882. The van der Waals surface area contributed by atoms with E-state index in [9.17, 15) is 0 Å². The number of aromatic nitrogens is 3. The summed E-state index contributed by atoms with van der Waals surface area (Å²) in [6, 6.07) is 10.8. The molecule has 0 aliphatic rings. The summed E-state index contributed by atoms with van der Waals surface area (Å²) in [6.45, 7) is 0.291. The fourth-order valence-electron chi connectivity index (χ4n) is 2.13. The van der Waals surface area contributed by atoms with Crippen molar-refractivity contribution >= 4 is 29.4 Å². The van der Waals surface area contributed by atoms with E-state index in [0.29, 0.717) is 28.2 Å². The van der Waals surface area contributed by atoms with Crippen molar-refractivity contribution in [3.05, 3.63) is 70.2 Å². The van der Waals surface area contributed by atoms with Gasteiger partial charge in [-0.1, -0.05) is 23.2 Å². The van der Waals surface area contributed by atoms with Crippen LogP contribution >= 0.6 is 23.2 Å². The van der Waals surface area contributed by atoms with Crippen LogP contribution in [0.2, 0.25) is 10.0 Å². The van der Waals surface area contributed by atoms with Crippen molar-refractivity contribution in [3.8, 4) is 11.5 Å². The average molecular weight is 377 g/mol. The second-order valence-electron chi connectivity index (χ2n) is 5.02. The zero-order valence-electron chi connectivity index (χ0n) is 13.3. The van der Waals surface area contributed by atoms with Crippen LogP contribution in [-0.2, 0) is 6.61 Å². The molecular formula is C17H14Cl2N4O2. The molecule has 1 heterocycles. The van der Waals surface area contributed by atoms with Crippen LogP contribution in [0.15, 0.2) is 54.2 Å². The van der Waals surface area contributed by atoms with E-state index in [4.69, 9.17) is 32.7 Å². The molecule has 0 radical (unpaired) electrons. The molecule has 128 valence electrons. The Balaban J connectivity index is 1.78. The molecule has 0 atom stereocenters. The number of methoxy groups -OCH3 is 1. The fourth-order valence-corrected chi connectivity index (χ4v) is 2.59. The molecule has 0 fully saturated rings. The van der Waals surface area contributed by atoms with E-state index in [0.717, 1.165) is 11.1 Å². The maximum atomic E-state index is 6.13. The standard InChI is InChI=1S/C17H14Cl2N4O2/c1-24-16-4-2-12(8-22-23-10-20-21-11-23)6-13(16)9-25-17-5-3-14(18)7-15(17)19/h2-8,10-11H,9H2,1H3. The van der Waals surface area contributed by atoms with Crippen LogP contribution in [0.5, 0.6) is 11.5 Å². The van der Waals surface area contributed by atoms with Gasteiger partial charge in [-0.05, 0) is 42.0 Å². The van der Waals surface area contributed by atoms with Crippen LogP contribution in [0.1, 0.15) is 11.1 Å². The summed E-state index contributed by atoms with van der Waals surface area (Å²) < 4.78 is 12.7. The monoisotopic (exact) mass is 376 g/mol. The van der Waals surface area contributed by atoms with Gasteiger partial charge in [0.05, 0.1) is 18.3 Å². The molecule has 0 bridgehead atoms. The molecule has 0 N–H and O–H groups in total. The summed E-state index contributed by atoms with van der Waals surface area (Å²) in [7, 11) is 1.61. The molecule has 6 nitrogen and oxygen atoms in total. The number of nitrogens with zero attached hydrogens (tertiary/aromatic N) is 4. The van der Waals surface area contributed by atoms with Gasteiger partial charge >= 0.3 is 0 Å². The molecule has 0 saturated heterocycles. The molecule has 3 aromatic rings. The van der Waals surface area contributed by atoms with E-state index in [-0.39, 0.29) is 0 Å². The highest BCUT2D eigenvalue weighted by atomic mass is 35.5. The molecule has 25 heavy (non-hydrogen) atoms. The second kappa shape index (κ2) is 8.00.